The predicted octanol–water partition coefficient (Wildman–Crippen LogP) is 1.08. The second-order valence-electron chi connectivity index (χ2n) is 3.97. The molecule has 0 aliphatic rings. The minimum Gasteiger partial charge on any atom is -0.369 e. The number of hydrogen-bond acceptors (Lipinski definition) is 4. The van der Waals surface area contributed by atoms with Crippen molar-refractivity contribution in [2.45, 2.75) is 26.3 Å². The summed E-state index contributed by atoms with van der Waals surface area (Å²) in [5.74, 6) is 0.981. The van der Waals surface area contributed by atoms with Crippen LogP contribution < -0.4 is 5.32 Å². The Balaban J connectivity index is 1.86. The van der Waals surface area contributed by atoms with Gasteiger partial charge in [-0.3, -0.25) is 4.68 Å². The number of aromatic nitrogens is 5. The van der Waals surface area contributed by atoms with Crippen LogP contribution in [0.2, 0.25) is 0 Å². The molecule has 0 atom stereocenters. The van der Waals surface area contributed by atoms with Gasteiger partial charge >= 0.3 is 0 Å². The largest absolute Gasteiger partial charge is 0.369 e. The van der Waals surface area contributed by atoms with Gasteiger partial charge in [0, 0.05) is 38.4 Å². The van der Waals surface area contributed by atoms with Crippen molar-refractivity contribution in [1.29, 1.82) is 0 Å². The molecule has 0 aliphatic carbocycles. The van der Waals surface area contributed by atoms with E-state index in [4.69, 9.17) is 0 Å². The number of hydrogen-bond donors (Lipinski definition) is 1. The molecule has 0 amide bonds. The molecule has 2 aromatic heterocycles. The van der Waals surface area contributed by atoms with Gasteiger partial charge in [0.2, 0.25) is 0 Å². The highest BCUT2D eigenvalue weighted by molar-refractivity contribution is 5.31. The van der Waals surface area contributed by atoms with E-state index in [1.807, 2.05) is 28.7 Å². The average Bonchev–Trinajstić information content (AvgIpc) is 2.90. The van der Waals surface area contributed by atoms with Gasteiger partial charge in [0.1, 0.15) is 5.82 Å². The van der Waals surface area contributed by atoms with Crippen molar-refractivity contribution in [3.63, 3.8) is 0 Å². The highest BCUT2D eigenvalue weighted by Gasteiger charge is 2.03. The number of nitrogens with one attached hydrogen (secondary N) is 1. The molecule has 0 spiro atoms. The summed E-state index contributed by atoms with van der Waals surface area (Å²) in [6.07, 6.45) is 5.57. The summed E-state index contributed by atoms with van der Waals surface area (Å²) in [6, 6.07) is 2.03. The molecule has 6 heteroatoms. The van der Waals surface area contributed by atoms with Crippen LogP contribution in [0, 0.1) is 0 Å². The summed E-state index contributed by atoms with van der Waals surface area (Å²) in [5.41, 5.74) is 1.21. The quantitative estimate of drug-likeness (QED) is 0.812. The van der Waals surface area contributed by atoms with E-state index in [0.29, 0.717) is 0 Å². The second kappa shape index (κ2) is 5.47. The monoisotopic (exact) mass is 234 g/mol. The summed E-state index contributed by atoms with van der Waals surface area (Å²) in [7, 11) is 1.96. The van der Waals surface area contributed by atoms with Gasteiger partial charge in [0.05, 0.1) is 6.20 Å². The van der Waals surface area contributed by atoms with Crippen molar-refractivity contribution in [1.82, 2.24) is 24.8 Å². The van der Waals surface area contributed by atoms with Crippen LogP contribution >= 0.6 is 0 Å². The highest BCUT2D eigenvalue weighted by atomic mass is 15.4. The third-order valence-corrected chi connectivity index (χ3v) is 2.66. The maximum atomic E-state index is 4.14. The first-order chi connectivity index (χ1) is 8.31. The number of anilines is 1. The zero-order valence-corrected chi connectivity index (χ0v) is 10.3. The molecule has 0 bridgehead atoms. The van der Waals surface area contributed by atoms with E-state index in [1.165, 1.54) is 5.69 Å². The molecule has 0 fully saturated rings. The summed E-state index contributed by atoms with van der Waals surface area (Å²) in [5, 5.41) is 15.4. The maximum absolute atomic E-state index is 4.14. The fraction of sp³-hybridized carbons (Fsp3) is 0.545. The number of nitrogens with zero attached hydrogens (tertiary/aromatic N) is 5. The number of rotatable bonds is 6. The molecule has 0 aromatic carbocycles. The topological polar surface area (TPSA) is 60.6 Å². The van der Waals surface area contributed by atoms with Gasteiger partial charge in [-0.05, 0) is 12.5 Å². The molecule has 17 heavy (non-hydrogen) atoms. The SMILES string of the molecule is CCCn1nncc1NCCc1ccnn1C. The molecule has 0 unspecified atom stereocenters. The van der Waals surface area contributed by atoms with Crippen LogP contribution in [0.3, 0.4) is 0 Å². The van der Waals surface area contributed by atoms with Crippen molar-refractivity contribution in [2.24, 2.45) is 7.05 Å². The zero-order valence-electron chi connectivity index (χ0n) is 10.3. The first-order valence-corrected chi connectivity index (χ1v) is 5.90. The van der Waals surface area contributed by atoms with Gasteiger partial charge < -0.3 is 5.32 Å². The lowest BCUT2D eigenvalue weighted by Gasteiger charge is -2.07. The molecule has 0 saturated heterocycles. The van der Waals surface area contributed by atoms with Crippen LogP contribution in [-0.2, 0) is 20.0 Å². The Labute approximate surface area is 101 Å². The van der Waals surface area contributed by atoms with Gasteiger partial charge in [0.15, 0.2) is 0 Å². The minimum absolute atomic E-state index is 0.858. The first-order valence-electron chi connectivity index (χ1n) is 5.90. The Bertz CT molecular complexity index is 458. The molecule has 6 nitrogen and oxygen atoms in total. The lowest BCUT2D eigenvalue weighted by Crippen LogP contribution is -2.12. The van der Waals surface area contributed by atoms with Crippen molar-refractivity contribution in [3.8, 4) is 0 Å². The van der Waals surface area contributed by atoms with Crippen LogP contribution in [0.15, 0.2) is 18.5 Å². The molecule has 1 N–H and O–H groups in total. The first kappa shape index (κ1) is 11.6. The standard InChI is InChI=1S/C11H18N6/c1-3-8-17-11(9-13-15-17)12-6-4-10-5-7-14-16(10)2/h5,7,9,12H,3-4,6,8H2,1-2H3. The molecule has 0 radical (unpaired) electrons. The van der Waals surface area contributed by atoms with Gasteiger partial charge in [-0.2, -0.15) is 5.10 Å². The third-order valence-electron chi connectivity index (χ3n) is 2.66. The normalized spacial score (nSPS) is 10.7. The van der Waals surface area contributed by atoms with Crippen molar-refractivity contribution in [3.05, 3.63) is 24.2 Å². The lowest BCUT2D eigenvalue weighted by molar-refractivity contribution is 0.582. The van der Waals surface area contributed by atoms with Crippen LogP contribution in [0.4, 0.5) is 5.82 Å². The third kappa shape index (κ3) is 2.83. The molecule has 92 valence electrons. The van der Waals surface area contributed by atoms with Gasteiger partial charge in [-0.15, -0.1) is 5.10 Å². The molecular formula is C11H18N6. The fourth-order valence-electron chi connectivity index (χ4n) is 1.74. The van der Waals surface area contributed by atoms with Gasteiger partial charge in [-0.25, -0.2) is 4.68 Å². The Morgan fingerprint density at radius 1 is 1.41 bits per heavy atom. The molecule has 2 rings (SSSR count). The lowest BCUT2D eigenvalue weighted by atomic mass is 10.3. The van der Waals surface area contributed by atoms with Crippen molar-refractivity contribution >= 4 is 5.82 Å². The number of aryl methyl sites for hydroxylation is 2. The molecule has 0 aliphatic heterocycles. The van der Waals surface area contributed by atoms with Crippen molar-refractivity contribution < 1.29 is 0 Å². The van der Waals surface area contributed by atoms with Crippen LogP contribution in [0.5, 0.6) is 0 Å². The van der Waals surface area contributed by atoms with E-state index in [-0.39, 0.29) is 0 Å². The maximum Gasteiger partial charge on any atom is 0.144 e. The molecule has 2 aromatic rings. The molecular weight excluding hydrogens is 216 g/mol. The average molecular weight is 234 g/mol. The van der Waals surface area contributed by atoms with E-state index in [2.05, 4.69) is 27.7 Å². The van der Waals surface area contributed by atoms with Crippen LogP contribution in [0.25, 0.3) is 0 Å². The van der Waals surface area contributed by atoms with Gasteiger partial charge in [0.25, 0.3) is 0 Å². The Kier molecular flexibility index (Phi) is 3.74. The summed E-state index contributed by atoms with van der Waals surface area (Å²) < 4.78 is 3.78. The highest BCUT2D eigenvalue weighted by Crippen LogP contribution is 2.05. The zero-order chi connectivity index (χ0) is 12.1. The van der Waals surface area contributed by atoms with Gasteiger partial charge in [-0.1, -0.05) is 12.1 Å². The minimum atomic E-state index is 0.858. The van der Waals surface area contributed by atoms with E-state index in [0.717, 1.165) is 31.7 Å². The smallest absolute Gasteiger partial charge is 0.144 e. The second-order valence-corrected chi connectivity index (χ2v) is 3.97. The van der Waals surface area contributed by atoms with E-state index in [9.17, 15) is 0 Å². The Hall–Kier alpha value is -1.85. The van der Waals surface area contributed by atoms with Crippen molar-refractivity contribution in [2.75, 3.05) is 11.9 Å². The summed E-state index contributed by atoms with van der Waals surface area (Å²) in [4.78, 5) is 0. The van der Waals surface area contributed by atoms with E-state index >= 15 is 0 Å². The van der Waals surface area contributed by atoms with Crippen LogP contribution in [-0.4, -0.2) is 31.3 Å². The van der Waals surface area contributed by atoms with Crippen LogP contribution in [0.1, 0.15) is 19.0 Å². The van der Waals surface area contributed by atoms with E-state index in [1.54, 1.807) is 6.20 Å². The Morgan fingerprint density at radius 3 is 3.00 bits per heavy atom. The summed E-state index contributed by atoms with van der Waals surface area (Å²) in [6.45, 7) is 3.88. The predicted molar refractivity (Wildman–Crippen MR) is 65.7 cm³/mol. The molecule has 2 heterocycles. The fourth-order valence-corrected chi connectivity index (χ4v) is 1.74. The molecule has 0 saturated carbocycles. The summed E-state index contributed by atoms with van der Waals surface area (Å²) >= 11 is 0. The Morgan fingerprint density at radius 2 is 2.29 bits per heavy atom. The van der Waals surface area contributed by atoms with E-state index < -0.39 is 0 Å².